The summed E-state index contributed by atoms with van der Waals surface area (Å²) in [5.41, 5.74) is 4.45. The molecule has 0 aliphatic heterocycles. The molecule has 0 radical (unpaired) electrons. The zero-order valence-electron chi connectivity index (χ0n) is 13.2. The van der Waals surface area contributed by atoms with Gasteiger partial charge in [0.15, 0.2) is 0 Å². The molecule has 0 saturated carbocycles. The predicted octanol–water partition coefficient (Wildman–Crippen LogP) is 3.56. The Labute approximate surface area is 132 Å². The summed E-state index contributed by atoms with van der Waals surface area (Å²) in [4.78, 5) is 14.5. The highest BCUT2D eigenvalue weighted by atomic mass is 16.1. The molecule has 1 amide bonds. The number of anilines is 1. The molecule has 0 unspecified atom stereocenters. The Morgan fingerprint density at radius 1 is 1.09 bits per heavy atom. The molecule has 3 nitrogen and oxygen atoms in total. The summed E-state index contributed by atoms with van der Waals surface area (Å²) in [6.07, 6.45) is 3.25. The molecule has 3 rings (SSSR count). The third-order valence-corrected chi connectivity index (χ3v) is 4.32. The number of aryl methyl sites for hydroxylation is 1. The second kappa shape index (κ2) is 6.22. The number of benzene rings is 2. The molecule has 1 atom stereocenters. The van der Waals surface area contributed by atoms with Gasteiger partial charge in [-0.3, -0.25) is 4.79 Å². The van der Waals surface area contributed by atoms with Crippen LogP contribution in [-0.2, 0) is 6.42 Å². The fourth-order valence-electron chi connectivity index (χ4n) is 3.06. The highest BCUT2D eigenvalue weighted by Crippen LogP contribution is 2.29. The summed E-state index contributed by atoms with van der Waals surface area (Å²) in [5.74, 6) is 0.00649. The lowest BCUT2D eigenvalue weighted by Crippen LogP contribution is -2.30. The standard InChI is InChI=1S/C19H22N2O/c1-21(2)16-12-10-15(11-13-16)19(22)20-18-9-5-7-14-6-3-4-8-17(14)18/h3-4,6,8,10-13,18H,5,7,9H2,1-2H3,(H,20,22)/t18-/m1/s1. The van der Waals surface area contributed by atoms with E-state index in [1.807, 2.05) is 43.3 Å². The van der Waals surface area contributed by atoms with Gasteiger partial charge in [-0.1, -0.05) is 24.3 Å². The Hall–Kier alpha value is -2.29. The first-order valence-electron chi connectivity index (χ1n) is 7.81. The Morgan fingerprint density at radius 3 is 2.55 bits per heavy atom. The molecule has 3 heteroatoms. The fraction of sp³-hybridized carbons (Fsp3) is 0.316. The van der Waals surface area contributed by atoms with Crippen molar-refractivity contribution >= 4 is 11.6 Å². The highest BCUT2D eigenvalue weighted by Gasteiger charge is 2.21. The predicted molar refractivity (Wildman–Crippen MR) is 90.4 cm³/mol. The van der Waals surface area contributed by atoms with Gasteiger partial charge in [-0.05, 0) is 54.7 Å². The zero-order chi connectivity index (χ0) is 15.5. The molecule has 1 aliphatic rings. The Kier molecular flexibility index (Phi) is 4.14. The van der Waals surface area contributed by atoms with E-state index in [-0.39, 0.29) is 11.9 Å². The van der Waals surface area contributed by atoms with Crippen LogP contribution in [0.3, 0.4) is 0 Å². The lowest BCUT2D eigenvalue weighted by atomic mass is 9.87. The second-order valence-corrected chi connectivity index (χ2v) is 6.06. The quantitative estimate of drug-likeness (QED) is 0.938. The number of carbonyl (C=O) groups is 1. The summed E-state index contributed by atoms with van der Waals surface area (Å²) < 4.78 is 0. The normalized spacial score (nSPS) is 16.7. The minimum absolute atomic E-state index is 0.00649. The molecule has 1 N–H and O–H groups in total. The van der Waals surface area contributed by atoms with Crippen LogP contribution in [0.2, 0.25) is 0 Å². The Morgan fingerprint density at radius 2 is 1.82 bits per heavy atom. The maximum atomic E-state index is 12.5. The number of hydrogen-bond donors (Lipinski definition) is 1. The van der Waals surface area contributed by atoms with E-state index in [4.69, 9.17) is 0 Å². The minimum Gasteiger partial charge on any atom is -0.378 e. The molecule has 0 bridgehead atoms. The van der Waals surface area contributed by atoms with E-state index >= 15 is 0 Å². The number of nitrogens with one attached hydrogen (secondary N) is 1. The van der Waals surface area contributed by atoms with Crippen LogP contribution in [0.1, 0.15) is 40.4 Å². The van der Waals surface area contributed by atoms with Crippen LogP contribution in [0, 0.1) is 0 Å². The number of fused-ring (bicyclic) bond motifs is 1. The summed E-state index contributed by atoms with van der Waals surface area (Å²) in [5, 5.41) is 3.19. The molecule has 2 aromatic carbocycles. The van der Waals surface area contributed by atoms with E-state index in [2.05, 4.69) is 29.6 Å². The van der Waals surface area contributed by atoms with E-state index < -0.39 is 0 Å². The molecule has 0 spiro atoms. The fourth-order valence-corrected chi connectivity index (χ4v) is 3.06. The average molecular weight is 294 g/mol. The molecule has 0 aromatic heterocycles. The lowest BCUT2D eigenvalue weighted by Gasteiger charge is -2.26. The van der Waals surface area contributed by atoms with Crippen molar-refractivity contribution in [2.75, 3.05) is 19.0 Å². The third-order valence-electron chi connectivity index (χ3n) is 4.32. The van der Waals surface area contributed by atoms with Crippen molar-refractivity contribution in [1.82, 2.24) is 5.32 Å². The first-order chi connectivity index (χ1) is 10.6. The maximum Gasteiger partial charge on any atom is 0.251 e. The van der Waals surface area contributed by atoms with Crippen LogP contribution in [-0.4, -0.2) is 20.0 Å². The SMILES string of the molecule is CN(C)c1ccc(C(=O)N[C@@H]2CCCc3ccccc32)cc1. The highest BCUT2D eigenvalue weighted by molar-refractivity contribution is 5.94. The van der Waals surface area contributed by atoms with Crippen molar-refractivity contribution in [2.24, 2.45) is 0 Å². The molecule has 22 heavy (non-hydrogen) atoms. The summed E-state index contributed by atoms with van der Waals surface area (Å²) in [6.45, 7) is 0. The smallest absolute Gasteiger partial charge is 0.251 e. The van der Waals surface area contributed by atoms with Crippen molar-refractivity contribution in [1.29, 1.82) is 0 Å². The van der Waals surface area contributed by atoms with E-state index in [0.717, 1.165) is 24.9 Å². The van der Waals surface area contributed by atoms with Gasteiger partial charge in [-0.15, -0.1) is 0 Å². The van der Waals surface area contributed by atoms with E-state index in [9.17, 15) is 4.79 Å². The van der Waals surface area contributed by atoms with E-state index in [0.29, 0.717) is 5.56 Å². The number of carbonyl (C=O) groups excluding carboxylic acids is 1. The first-order valence-corrected chi connectivity index (χ1v) is 7.81. The largest absolute Gasteiger partial charge is 0.378 e. The van der Waals surface area contributed by atoms with Crippen molar-refractivity contribution in [3.8, 4) is 0 Å². The number of rotatable bonds is 3. The van der Waals surface area contributed by atoms with Gasteiger partial charge < -0.3 is 10.2 Å². The van der Waals surface area contributed by atoms with Gasteiger partial charge in [-0.25, -0.2) is 0 Å². The Bertz CT molecular complexity index is 661. The lowest BCUT2D eigenvalue weighted by molar-refractivity contribution is 0.0933. The molecule has 0 fully saturated rings. The average Bonchev–Trinajstić information content (AvgIpc) is 2.55. The minimum atomic E-state index is 0.00649. The molecular weight excluding hydrogens is 272 g/mol. The van der Waals surface area contributed by atoms with Crippen LogP contribution in [0.25, 0.3) is 0 Å². The summed E-state index contributed by atoms with van der Waals surface area (Å²) >= 11 is 0. The monoisotopic (exact) mass is 294 g/mol. The number of hydrogen-bond acceptors (Lipinski definition) is 2. The molecule has 0 heterocycles. The third kappa shape index (κ3) is 2.98. The van der Waals surface area contributed by atoms with Gasteiger partial charge in [0.1, 0.15) is 0 Å². The van der Waals surface area contributed by atoms with E-state index in [1.54, 1.807) is 0 Å². The van der Waals surface area contributed by atoms with Gasteiger partial charge >= 0.3 is 0 Å². The van der Waals surface area contributed by atoms with Crippen molar-refractivity contribution in [3.05, 3.63) is 65.2 Å². The second-order valence-electron chi connectivity index (χ2n) is 6.06. The van der Waals surface area contributed by atoms with Gasteiger partial charge in [0.2, 0.25) is 0 Å². The number of amides is 1. The van der Waals surface area contributed by atoms with Crippen LogP contribution < -0.4 is 10.2 Å². The molecule has 1 aliphatic carbocycles. The first kappa shape index (κ1) is 14.6. The molecular formula is C19H22N2O. The van der Waals surface area contributed by atoms with Crippen LogP contribution >= 0.6 is 0 Å². The zero-order valence-corrected chi connectivity index (χ0v) is 13.2. The molecule has 0 saturated heterocycles. The van der Waals surface area contributed by atoms with Crippen molar-refractivity contribution < 1.29 is 4.79 Å². The van der Waals surface area contributed by atoms with E-state index in [1.165, 1.54) is 11.1 Å². The summed E-state index contributed by atoms with van der Waals surface area (Å²) in [7, 11) is 3.99. The van der Waals surface area contributed by atoms with Gasteiger partial charge in [0.25, 0.3) is 5.91 Å². The molecule has 114 valence electrons. The van der Waals surface area contributed by atoms with Gasteiger partial charge in [0, 0.05) is 25.3 Å². The topological polar surface area (TPSA) is 32.3 Å². The van der Waals surface area contributed by atoms with Crippen LogP contribution in [0.5, 0.6) is 0 Å². The van der Waals surface area contributed by atoms with Crippen molar-refractivity contribution in [2.45, 2.75) is 25.3 Å². The van der Waals surface area contributed by atoms with Crippen LogP contribution in [0.15, 0.2) is 48.5 Å². The number of nitrogens with zero attached hydrogens (tertiary/aromatic N) is 1. The van der Waals surface area contributed by atoms with Crippen LogP contribution in [0.4, 0.5) is 5.69 Å². The summed E-state index contributed by atoms with van der Waals surface area (Å²) in [6, 6.07) is 16.3. The van der Waals surface area contributed by atoms with Gasteiger partial charge in [-0.2, -0.15) is 0 Å². The Balaban J connectivity index is 1.75. The van der Waals surface area contributed by atoms with Gasteiger partial charge in [0.05, 0.1) is 6.04 Å². The molecule has 2 aromatic rings. The van der Waals surface area contributed by atoms with Crippen molar-refractivity contribution in [3.63, 3.8) is 0 Å². The maximum absolute atomic E-state index is 12.5.